The summed E-state index contributed by atoms with van der Waals surface area (Å²) in [4.78, 5) is 1.50. The molecule has 4 heteroatoms. The van der Waals surface area contributed by atoms with Crippen LogP contribution in [0.4, 0.5) is 0 Å². The van der Waals surface area contributed by atoms with Crippen molar-refractivity contribution in [2.75, 3.05) is 20.6 Å². The molecule has 0 saturated heterocycles. The molecule has 0 saturated carbocycles. The first-order valence-electron chi connectivity index (χ1n) is 9.63. The van der Waals surface area contributed by atoms with E-state index >= 15 is 0 Å². The van der Waals surface area contributed by atoms with Crippen LogP contribution in [0.25, 0.3) is 0 Å². The van der Waals surface area contributed by atoms with Crippen molar-refractivity contribution in [1.29, 1.82) is 0 Å². The van der Waals surface area contributed by atoms with Crippen LogP contribution < -0.4 is 17.3 Å². The lowest BCUT2D eigenvalue weighted by Crippen LogP contribution is -3.05. The van der Waals surface area contributed by atoms with Gasteiger partial charge in [0.2, 0.25) is 0 Å². The molecule has 0 aromatic rings. The smallest absolute Gasteiger partial charge is 0.0781 e. The predicted octanol–water partition coefficient (Wildman–Crippen LogP) is 1.19. The Bertz CT molecular complexity index is 225. The molecule has 0 bridgehead atoms. The average Bonchev–Trinajstić information content (AvgIpc) is 2.45. The van der Waals surface area contributed by atoms with E-state index in [-0.39, 0.29) is 18.5 Å². The monoisotopic (exact) mass is 369 g/mol. The second-order valence-electron chi connectivity index (χ2n) is 7.30. The average molecular weight is 370 g/mol. The number of rotatable bonds is 16. The Hall–Kier alpha value is 0.500. The van der Waals surface area contributed by atoms with E-state index in [0.717, 1.165) is 12.8 Å². The molecule has 2 unspecified atom stereocenters. The van der Waals surface area contributed by atoms with Crippen molar-refractivity contribution in [3.05, 3.63) is 0 Å². The van der Waals surface area contributed by atoms with E-state index in [2.05, 4.69) is 14.1 Å². The highest BCUT2D eigenvalue weighted by Crippen LogP contribution is 2.15. The lowest BCUT2D eigenvalue weighted by Gasteiger charge is -2.11. The first-order valence-corrected chi connectivity index (χ1v) is 10.1. The normalized spacial score (nSPS) is 13.8. The van der Waals surface area contributed by atoms with Crippen molar-refractivity contribution in [3.63, 3.8) is 0 Å². The zero-order chi connectivity index (χ0) is 16.6. The Morgan fingerprint density at radius 3 is 1.52 bits per heavy atom. The molecule has 2 N–H and O–H groups in total. The van der Waals surface area contributed by atoms with E-state index in [9.17, 15) is 5.11 Å². The number of hydrogen-bond donors (Lipinski definition) is 2. The maximum absolute atomic E-state index is 9.17. The van der Waals surface area contributed by atoms with Crippen molar-refractivity contribution in [2.45, 2.75) is 102 Å². The van der Waals surface area contributed by atoms with Gasteiger partial charge in [0, 0.05) is 11.8 Å². The van der Waals surface area contributed by atoms with Crippen LogP contribution in [0.2, 0.25) is 0 Å². The van der Waals surface area contributed by atoms with Crippen molar-refractivity contribution >= 4 is 11.6 Å². The van der Waals surface area contributed by atoms with Gasteiger partial charge in [0.25, 0.3) is 0 Å². The molecule has 0 aliphatic rings. The Morgan fingerprint density at radius 2 is 1.13 bits per heavy atom. The van der Waals surface area contributed by atoms with Gasteiger partial charge in [-0.3, -0.25) is 0 Å². The maximum atomic E-state index is 9.17. The van der Waals surface area contributed by atoms with Crippen LogP contribution in [-0.4, -0.2) is 37.2 Å². The van der Waals surface area contributed by atoms with E-state index < -0.39 is 0 Å². The molecule has 0 aliphatic heterocycles. The van der Waals surface area contributed by atoms with Gasteiger partial charge in [0.1, 0.15) is 0 Å². The van der Waals surface area contributed by atoms with E-state index in [4.69, 9.17) is 11.6 Å². The Kier molecular flexibility index (Phi) is 21.1. The van der Waals surface area contributed by atoms with Crippen LogP contribution in [0.3, 0.4) is 0 Å². The second kappa shape index (κ2) is 18.8. The van der Waals surface area contributed by atoms with E-state index in [1.54, 1.807) is 0 Å². The summed E-state index contributed by atoms with van der Waals surface area (Å²) in [5, 5.41) is 9.56. The molecule has 142 valence electrons. The molecule has 23 heavy (non-hydrogen) atoms. The Balaban J connectivity index is 0. The summed E-state index contributed by atoms with van der Waals surface area (Å²) in [6.07, 6.45) is 16.6. The SMILES string of the molecule is CC(O)CCCCCCCCCCCCC(Cl)CC[NH+](C)C.[Cl-]. The van der Waals surface area contributed by atoms with Crippen molar-refractivity contribution < 1.29 is 22.4 Å². The standard InChI is InChI=1S/C19H40ClNO.ClH/c1-18(22)14-12-10-8-6-4-5-7-9-11-13-15-19(20)16-17-21(2)3;/h18-19,22H,4-17H2,1-3H3;1H. The third kappa shape index (κ3) is 22.5. The van der Waals surface area contributed by atoms with Gasteiger partial charge in [0.15, 0.2) is 0 Å². The first-order chi connectivity index (χ1) is 10.5. The lowest BCUT2D eigenvalue weighted by molar-refractivity contribution is -0.858. The molecular weight excluding hydrogens is 329 g/mol. The van der Waals surface area contributed by atoms with Gasteiger partial charge in [-0.1, -0.05) is 64.2 Å². The summed E-state index contributed by atoms with van der Waals surface area (Å²) in [5.41, 5.74) is 0. The zero-order valence-corrected chi connectivity index (χ0v) is 17.3. The van der Waals surface area contributed by atoms with Crippen LogP contribution in [0, 0.1) is 0 Å². The summed E-state index contributed by atoms with van der Waals surface area (Å²) in [5.74, 6) is 0. The number of alkyl halides is 1. The molecule has 0 heterocycles. The fourth-order valence-electron chi connectivity index (χ4n) is 2.81. The Morgan fingerprint density at radius 1 is 0.739 bits per heavy atom. The van der Waals surface area contributed by atoms with Gasteiger partial charge >= 0.3 is 0 Å². The number of unbranched alkanes of at least 4 members (excludes halogenated alkanes) is 9. The minimum Gasteiger partial charge on any atom is -1.00 e. The third-order valence-electron chi connectivity index (χ3n) is 4.35. The van der Waals surface area contributed by atoms with Crippen LogP contribution in [0.1, 0.15) is 90.4 Å². The second-order valence-corrected chi connectivity index (χ2v) is 7.92. The summed E-state index contributed by atoms with van der Waals surface area (Å²) in [7, 11) is 4.38. The van der Waals surface area contributed by atoms with Crippen LogP contribution in [-0.2, 0) is 0 Å². The van der Waals surface area contributed by atoms with E-state index in [0.29, 0.717) is 5.38 Å². The highest BCUT2D eigenvalue weighted by atomic mass is 35.5. The molecule has 2 atom stereocenters. The number of halogens is 2. The third-order valence-corrected chi connectivity index (χ3v) is 4.78. The Labute approximate surface area is 156 Å². The molecule has 0 aliphatic carbocycles. The van der Waals surface area contributed by atoms with Crippen molar-refractivity contribution in [1.82, 2.24) is 0 Å². The maximum Gasteiger partial charge on any atom is 0.0781 e. The molecule has 0 fully saturated rings. The number of nitrogens with one attached hydrogen (secondary N) is 1. The lowest BCUT2D eigenvalue weighted by atomic mass is 10.0. The van der Waals surface area contributed by atoms with Gasteiger partial charge in [-0.2, -0.15) is 0 Å². The predicted molar refractivity (Wildman–Crippen MR) is 99.0 cm³/mol. The van der Waals surface area contributed by atoms with E-state index in [1.165, 1.54) is 82.1 Å². The topological polar surface area (TPSA) is 24.7 Å². The minimum absolute atomic E-state index is 0. The van der Waals surface area contributed by atoms with Gasteiger partial charge in [0.05, 0.1) is 26.7 Å². The van der Waals surface area contributed by atoms with Crippen LogP contribution in [0.5, 0.6) is 0 Å². The minimum atomic E-state index is -0.114. The van der Waals surface area contributed by atoms with Gasteiger partial charge in [-0.15, -0.1) is 11.6 Å². The molecule has 0 radical (unpaired) electrons. The zero-order valence-electron chi connectivity index (χ0n) is 15.8. The summed E-state index contributed by atoms with van der Waals surface area (Å²) in [6.45, 7) is 3.07. The fraction of sp³-hybridized carbons (Fsp3) is 1.00. The van der Waals surface area contributed by atoms with E-state index in [1.807, 2.05) is 6.92 Å². The number of aliphatic hydroxyl groups excluding tert-OH is 1. The fourth-order valence-corrected chi connectivity index (χ4v) is 3.07. The van der Waals surface area contributed by atoms with Gasteiger partial charge in [-0.05, 0) is 19.8 Å². The van der Waals surface area contributed by atoms with Crippen molar-refractivity contribution in [2.24, 2.45) is 0 Å². The largest absolute Gasteiger partial charge is 1.00 e. The quantitative estimate of drug-likeness (QED) is 0.310. The molecule has 0 aromatic carbocycles. The summed E-state index contributed by atoms with van der Waals surface area (Å²) >= 11 is 6.34. The number of aliphatic hydroxyl groups is 1. The summed E-state index contributed by atoms with van der Waals surface area (Å²) in [6, 6.07) is 0. The van der Waals surface area contributed by atoms with Crippen LogP contribution >= 0.6 is 11.6 Å². The summed E-state index contributed by atoms with van der Waals surface area (Å²) < 4.78 is 0. The highest BCUT2D eigenvalue weighted by Gasteiger charge is 2.06. The van der Waals surface area contributed by atoms with Crippen molar-refractivity contribution in [3.8, 4) is 0 Å². The highest BCUT2D eigenvalue weighted by molar-refractivity contribution is 6.20. The number of hydrogen-bond acceptors (Lipinski definition) is 1. The molecule has 0 spiro atoms. The molecular formula is C19H41Cl2NO. The van der Waals surface area contributed by atoms with Crippen LogP contribution in [0.15, 0.2) is 0 Å². The first kappa shape index (κ1) is 25.7. The molecule has 0 rings (SSSR count). The van der Waals surface area contributed by atoms with Gasteiger partial charge < -0.3 is 22.4 Å². The number of quaternary nitrogens is 1. The molecule has 2 nitrogen and oxygen atoms in total. The molecule has 0 amide bonds. The molecule has 0 aromatic heterocycles. The van der Waals surface area contributed by atoms with Gasteiger partial charge in [-0.25, -0.2) is 0 Å².